The Morgan fingerprint density at radius 1 is 0.895 bits per heavy atom. The number of nitrogens with zero attached hydrogens (tertiary/aromatic N) is 3. The Balaban J connectivity index is 2.88. The molecular weight excluding hydrogens is 269 g/mol. The van der Waals surface area contributed by atoms with Crippen LogP contribution >= 0.6 is 0 Å². The highest BCUT2D eigenvalue weighted by Crippen LogP contribution is 2.32. The van der Waals surface area contributed by atoms with Crippen molar-refractivity contribution in [3.8, 4) is 17.2 Å². The molecule has 0 aliphatic heterocycles. The standard InChI is InChI=1S/C11H2F5N3/c12-7-6(4-2-18-3-19-5(4)1-17)8(13)10(15)11(16)9(7)14/h2-3H. The molecule has 0 saturated carbocycles. The Morgan fingerprint density at radius 3 is 1.95 bits per heavy atom. The maximum Gasteiger partial charge on any atom is 0.200 e. The SMILES string of the molecule is N#Cc1ncncc1-c1c(F)c(F)c(F)c(F)c1F. The molecule has 0 fully saturated rings. The largest absolute Gasteiger partial charge is 0.244 e. The second kappa shape index (κ2) is 4.61. The first kappa shape index (κ1) is 12.9. The van der Waals surface area contributed by atoms with Crippen molar-refractivity contribution in [1.82, 2.24) is 9.97 Å². The molecule has 0 N–H and O–H groups in total. The van der Waals surface area contributed by atoms with Crippen LogP contribution in [0.4, 0.5) is 22.0 Å². The predicted molar refractivity (Wildman–Crippen MR) is 52.0 cm³/mol. The van der Waals surface area contributed by atoms with E-state index in [1.54, 1.807) is 0 Å². The van der Waals surface area contributed by atoms with Crippen molar-refractivity contribution in [3.05, 3.63) is 47.3 Å². The van der Waals surface area contributed by atoms with Crippen LogP contribution in [0.15, 0.2) is 12.5 Å². The Hall–Kier alpha value is -2.56. The van der Waals surface area contributed by atoms with Crippen molar-refractivity contribution >= 4 is 0 Å². The lowest BCUT2D eigenvalue weighted by Crippen LogP contribution is -2.05. The number of rotatable bonds is 1. The maximum absolute atomic E-state index is 13.5. The van der Waals surface area contributed by atoms with Crippen LogP contribution in [0.25, 0.3) is 11.1 Å². The summed E-state index contributed by atoms with van der Waals surface area (Å²) in [5.74, 6) is -10.5. The summed E-state index contributed by atoms with van der Waals surface area (Å²) in [7, 11) is 0. The molecule has 0 unspecified atom stereocenters. The zero-order chi connectivity index (χ0) is 14.2. The summed E-state index contributed by atoms with van der Waals surface area (Å²) in [5, 5.41) is 8.71. The Morgan fingerprint density at radius 2 is 1.42 bits per heavy atom. The molecule has 0 aliphatic rings. The monoisotopic (exact) mass is 271 g/mol. The van der Waals surface area contributed by atoms with Gasteiger partial charge in [-0.15, -0.1) is 0 Å². The summed E-state index contributed by atoms with van der Waals surface area (Å²) in [6.45, 7) is 0. The number of hydrogen-bond donors (Lipinski definition) is 0. The fourth-order valence-corrected chi connectivity index (χ4v) is 1.44. The van der Waals surface area contributed by atoms with Gasteiger partial charge in [-0.25, -0.2) is 31.9 Å². The molecule has 1 aromatic heterocycles. The smallest absolute Gasteiger partial charge is 0.200 e. The van der Waals surface area contributed by atoms with Gasteiger partial charge in [0.25, 0.3) is 0 Å². The molecule has 8 heteroatoms. The van der Waals surface area contributed by atoms with Crippen molar-refractivity contribution in [2.75, 3.05) is 0 Å². The molecule has 0 amide bonds. The van der Waals surface area contributed by atoms with E-state index in [9.17, 15) is 22.0 Å². The minimum atomic E-state index is -2.27. The molecule has 1 aromatic carbocycles. The van der Waals surface area contributed by atoms with Crippen molar-refractivity contribution in [2.45, 2.75) is 0 Å². The molecule has 2 rings (SSSR count). The van der Waals surface area contributed by atoms with E-state index in [4.69, 9.17) is 5.26 Å². The maximum atomic E-state index is 13.5. The molecular formula is C11H2F5N3. The third-order valence-electron chi connectivity index (χ3n) is 2.30. The van der Waals surface area contributed by atoms with Gasteiger partial charge >= 0.3 is 0 Å². The molecule has 0 atom stereocenters. The van der Waals surface area contributed by atoms with Crippen LogP contribution in [-0.4, -0.2) is 9.97 Å². The van der Waals surface area contributed by atoms with Gasteiger partial charge in [-0.2, -0.15) is 5.26 Å². The van der Waals surface area contributed by atoms with Crippen molar-refractivity contribution in [3.63, 3.8) is 0 Å². The van der Waals surface area contributed by atoms with Gasteiger partial charge in [0.2, 0.25) is 5.82 Å². The van der Waals surface area contributed by atoms with Crippen molar-refractivity contribution in [1.29, 1.82) is 5.26 Å². The van der Waals surface area contributed by atoms with E-state index < -0.39 is 45.9 Å². The van der Waals surface area contributed by atoms with Gasteiger partial charge in [-0.1, -0.05) is 0 Å². The number of nitriles is 1. The van der Waals surface area contributed by atoms with Gasteiger partial charge in [0.1, 0.15) is 12.4 Å². The number of hydrogen-bond acceptors (Lipinski definition) is 3. The zero-order valence-corrected chi connectivity index (χ0v) is 8.89. The molecule has 19 heavy (non-hydrogen) atoms. The van der Waals surface area contributed by atoms with Gasteiger partial charge in [-0.05, 0) is 0 Å². The Labute approximate surface area is 103 Å². The molecule has 0 radical (unpaired) electrons. The quantitative estimate of drug-likeness (QED) is 0.455. The topological polar surface area (TPSA) is 49.6 Å². The Bertz CT molecular complexity index is 679. The van der Waals surface area contributed by atoms with Crippen LogP contribution in [0, 0.1) is 40.4 Å². The van der Waals surface area contributed by atoms with Crippen LogP contribution in [0.2, 0.25) is 0 Å². The lowest BCUT2D eigenvalue weighted by atomic mass is 10.0. The van der Waals surface area contributed by atoms with E-state index in [2.05, 4.69) is 9.97 Å². The van der Waals surface area contributed by atoms with Gasteiger partial charge in [0.15, 0.2) is 29.0 Å². The van der Waals surface area contributed by atoms with E-state index in [1.807, 2.05) is 0 Å². The normalized spacial score (nSPS) is 10.3. The van der Waals surface area contributed by atoms with E-state index in [0.717, 1.165) is 12.5 Å². The number of halogens is 5. The second-order valence-corrected chi connectivity index (χ2v) is 3.34. The highest BCUT2D eigenvalue weighted by atomic mass is 19.2. The summed E-state index contributed by atoms with van der Waals surface area (Å²) in [4.78, 5) is 6.79. The molecule has 96 valence electrons. The van der Waals surface area contributed by atoms with E-state index >= 15 is 0 Å². The average Bonchev–Trinajstić information content (AvgIpc) is 2.44. The summed E-state index contributed by atoms with van der Waals surface area (Å²) in [5.41, 5.74) is -2.30. The summed E-state index contributed by atoms with van der Waals surface area (Å²) >= 11 is 0. The first-order valence-electron chi connectivity index (χ1n) is 4.71. The zero-order valence-electron chi connectivity index (χ0n) is 8.89. The second-order valence-electron chi connectivity index (χ2n) is 3.34. The lowest BCUT2D eigenvalue weighted by Gasteiger charge is -2.08. The molecule has 0 saturated heterocycles. The van der Waals surface area contributed by atoms with Gasteiger partial charge in [0.05, 0.1) is 5.56 Å². The summed E-state index contributed by atoms with van der Waals surface area (Å²) in [6.07, 6.45) is 1.71. The number of benzene rings is 1. The molecule has 0 bridgehead atoms. The molecule has 3 nitrogen and oxygen atoms in total. The first-order chi connectivity index (χ1) is 8.99. The van der Waals surface area contributed by atoms with Crippen LogP contribution in [0.1, 0.15) is 5.69 Å². The van der Waals surface area contributed by atoms with Crippen LogP contribution in [-0.2, 0) is 0 Å². The van der Waals surface area contributed by atoms with Crippen LogP contribution in [0.5, 0.6) is 0 Å². The van der Waals surface area contributed by atoms with Gasteiger partial charge < -0.3 is 0 Å². The summed E-state index contributed by atoms with van der Waals surface area (Å²) in [6, 6.07) is 1.48. The average molecular weight is 271 g/mol. The molecule has 1 heterocycles. The molecule has 2 aromatic rings. The number of aromatic nitrogens is 2. The summed E-state index contributed by atoms with van der Waals surface area (Å²) < 4.78 is 66.0. The van der Waals surface area contributed by atoms with Crippen LogP contribution in [0.3, 0.4) is 0 Å². The van der Waals surface area contributed by atoms with E-state index in [1.165, 1.54) is 6.07 Å². The van der Waals surface area contributed by atoms with Gasteiger partial charge in [-0.3, -0.25) is 0 Å². The molecule has 0 spiro atoms. The predicted octanol–water partition coefficient (Wildman–Crippen LogP) is 2.71. The lowest BCUT2D eigenvalue weighted by molar-refractivity contribution is 0.381. The highest BCUT2D eigenvalue weighted by molar-refractivity contribution is 5.69. The third kappa shape index (κ3) is 1.89. The minimum Gasteiger partial charge on any atom is -0.244 e. The van der Waals surface area contributed by atoms with E-state index in [0.29, 0.717) is 0 Å². The van der Waals surface area contributed by atoms with E-state index in [-0.39, 0.29) is 0 Å². The first-order valence-corrected chi connectivity index (χ1v) is 4.71. The van der Waals surface area contributed by atoms with Gasteiger partial charge in [0, 0.05) is 11.8 Å². The van der Waals surface area contributed by atoms with Crippen molar-refractivity contribution in [2.24, 2.45) is 0 Å². The van der Waals surface area contributed by atoms with Crippen LogP contribution < -0.4 is 0 Å². The third-order valence-corrected chi connectivity index (χ3v) is 2.30. The fraction of sp³-hybridized carbons (Fsp3) is 0. The van der Waals surface area contributed by atoms with Crippen molar-refractivity contribution < 1.29 is 22.0 Å². The Kier molecular flexibility index (Phi) is 3.12. The minimum absolute atomic E-state index is 0.502. The molecule has 0 aliphatic carbocycles. The fourth-order valence-electron chi connectivity index (χ4n) is 1.44. The highest BCUT2D eigenvalue weighted by Gasteiger charge is 2.28.